The van der Waals surface area contributed by atoms with Crippen molar-refractivity contribution >= 4 is 23.0 Å². The van der Waals surface area contributed by atoms with Gasteiger partial charge in [-0.05, 0) is 55.3 Å². The number of anilines is 1. The second kappa shape index (κ2) is 11.7. The van der Waals surface area contributed by atoms with Crippen molar-refractivity contribution in [2.45, 2.75) is 18.7 Å². The van der Waals surface area contributed by atoms with E-state index in [4.69, 9.17) is 9.47 Å². The molecule has 0 saturated heterocycles. The molecule has 2 heterocycles. The third-order valence-corrected chi connectivity index (χ3v) is 6.76. The van der Waals surface area contributed by atoms with Gasteiger partial charge >= 0.3 is 0 Å². The summed E-state index contributed by atoms with van der Waals surface area (Å²) in [6.07, 6.45) is 3.35. The second-order valence-corrected chi connectivity index (χ2v) is 9.65. The smallest absolute Gasteiger partial charge is 0.261 e. The molecule has 2 aromatic carbocycles. The van der Waals surface area contributed by atoms with Crippen molar-refractivity contribution < 1.29 is 18.8 Å². The predicted octanol–water partition coefficient (Wildman–Crippen LogP) is 4.93. The van der Waals surface area contributed by atoms with Crippen LogP contribution in [0.4, 0.5) is 5.69 Å². The molecular formula is C28H25N5O4S. The summed E-state index contributed by atoms with van der Waals surface area (Å²) in [7, 11) is 3.05. The molecule has 4 rings (SSSR count). The summed E-state index contributed by atoms with van der Waals surface area (Å²) in [5.41, 5.74) is 3.97. The summed E-state index contributed by atoms with van der Waals surface area (Å²) < 4.78 is 26.3. The van der Waals surface area contributed by atoms with E-state index in [9.17, 15) is 14.6 Å². The van der Waals surface area contributed by atoms with Gasteiger partial charge in [-0.3, -0.25) is 9.78 Å². The maximum Gasteiger partial charge on any atom is 0.261 e. The number of pyridine rings is 2. The highest BCUT2D eigenvalue weighted by Gasteiger charge is 2.23. The van der Waals surface area contributed by atoms with Gasteiger partial charge in [-0.25, -0.2) is 4.98 Å². The van der Waals surface area contributed by atoms with Crippen molar-refractivity contribution in [2.24, 2.45) is 0 Å². The molecule has 1 amide bonds. The minimum Gasteiger partial charge on any atom is -0.593 e. The fourth-order valence-electron chi connectivity index (χ4n) is 3.74. The number of nitriles is 1. The number of amides is 1. The zero-order valence-corrected chi connectivity index (χ0v) is 22.1. The van der Waals surface area contributed by atoms with E-state index in [1.807, 2.05) is 19.1 Å². The van der Waals surface area contributed by atoms with Crippen molar-refractivity contribution in [3.05, 3.63) is 89.2 Å². The Morgan fingerprint density at radius 2 is 1.87 bits per heavy atom. The highest BCUT2D eigenvalue weighted by Crippen LogP contribution is 2.36. The lowest BCUT2D eigenvalue weighted by atomic mass is 10.0. The third-order valence-electron chi connectivity index (χ3n) is 5.71. The van der Waals surface area contributed by atoms with Crippen molar-refractivity contribution in [3.8, 4) is 34.7 Å². The molecule has 2 aromatic heterocycles. The lowest BCUT2D eigenvalue weighted by molar-refractivity contribution is 0.102. The van der Waals surface area contributed by atoms with Crippen LogP contribution in [0.5, 0.6) is 17.4 Å². The largest absolute Gasteiger partial charge is 0.593 e. The maximum atomic E-state index is 13.7. The third kappa shape index (κ3) is 5.76. The van der Waals surface area contributed by atoms with E-state index in [0.29, 0.717) is 44.5 Å². The summed E-state index contributed by atoms with van der Waals surface area (Å²) in [5, 5.41) is 12.1. The number of ether oxygens (including phenoxy) is 2. The molecule has 38 heavy (non-hydrogen) atoms. The van der Waals surface area contributed by atoms with E-state index in [0.717, 1.165) is 5.56 Å². The van der Waals surface area contributed by atoms with Crippen molar-refractivity contribution in [3.63, 3.8) is 0 Å². The molecule has 0 aliphatic heterocycles. The highest BCUT2D eigenvalue weighted by atomic mass is 32.2. The fourth-order valence-corrected chi connectivity index (χ4v) is 4.41. The van der Waals surface area contributed by atoms with Crippen molar-refractivity contribution in [1.29, 1.82) is 5.26 Å². The molecule has 10 heteroatoms. The summed E-state index contributed by atoms with van der Waals surface area (Å²) in [6.45, 7) is 3.74. The van der Waals surface area contributed by atoms with Crippen LogP contribution in [0.2, 0.25) is 0 Å². The number of aryl methyl sites for hydroxylation is 1. The van der Waals surface area contributed by atoms with Gasteiger partial charge in [-0.15, -0.1) is 4.72 Å². The van der Waals surface area contributed by atoms with Gasteiger partial charge in [0.2, 0.25) is 5.88 Å². The number of hydrogen-bond acceptors (Lipinski definition) is 8. The van der Waals surface area contributed by atoms with E-state index in [1.54, 1.807) is 68.8 Å². The van der Waals surface area contributed by atoms with Gasteiger partial charge in [0, 0.05) is 42.8 Å². The van der Waals surface area contributed by atoms with Crippen LogP contribution in [0.25, 0.3) is 11.3 Å². The number of carbonyl (C=O) groups is 1. The van der Waals surface area contributed by atoms with Crippen LogP contribution in [0.1, 0.15) is 27.0 Å². The second-order valence-electron chi connectivity index (χ2n) is 8.23. The summed E-state index contributed by atoms with van der Waals surface area (Å²) in [5.74, 6) is 0.189. The Balaban J connectivity index is 1.79. The van der Waals surface area contributed by atoms with Gasteiger partial charge < -0.3 is 19.3 Å². The number of nitrogens with one attached hydrogen (secondary N) is 2. The molecule has 0 aliphatic carbocycles. The monoisotopic (exact) mass is 527 g/mol. The van der Waals surface area contributed by atoms with E-state index < -0.39 is 17.3 Å². The van der Waals surface area contributed by atoms with Gasteiger partial charge in [0.1, 0.15) is 5.56 Å². The van der Waals surface area contributed by atoms with E-state index in [1.165, 1.54) is 7.11 Å². The topological polar surface area (TPSA) is 132 Å². The van der Waals surface area contributed by atoms with Gasteiger partial charge in [-0.2, -0.15) is 5.26 Å². The standard InChI is InChI=1S/C28H25N5O4S/c1-17-8-10-23(31-15-17)22-16-32-28(37-24-11-9-19(14-29)12-25(24)36-4)26(18(22)2)27(34)33-20-6-5-7-21(13-20)38(35)30-3/h5-13,15-16,30H,1-4H3,(H,33,34)/t38-/m1/s1. The molecule has 2 N–H and O–H groups in total. The summed E-state index contributed by atoms with van der Waals surface area (Å²) >= 11 is -1.42. The molecule has 0 saturated carbocycles. The zero-order chi connectivity index (χ0) is 27.2. The lowest BCUT2D eigenvalue weighted by Crippen LogP contribution is -2.19. The van der Waals surface area contributed by atoms with Gasteiger partial charge in [0.25, 0.3) is 5.91 Å². The minimum atomic E-state index is -1.42. The Labute approximate surface area is 223 Å². The molecule has 192 valence electrons. The minimum absolute atomic E-state index is 0.0498. The van der Waals surface area contributed by atoms with Crippen LogP contribution >= 0.6 is 0 Å². The quantitative estimate of drug-likeness (QED) is 0.308. The Morgan fingerprint density at radius 1 is 1.05 bits per heavy atom. The SMILES string of the molecule is CN[S@+]([O-])c1cccc(NC(=O)c2c(Oc3ccc(C#N)cc3OC)ncc(-c3ccc(C)cn3)c2C)c1. The predicted molar refractivity (Wildman–Crippen MR) is 145 cm³/mol. The molecule has 0 bridgehead atoms. The Hall–Kier alpha value is -4.43. The number of carbonyl (C=O) groups excluding carboxylic acids is 1. The number of nitrogens with zero attached hydrogens (tertiary/aromatic N) is 3. The number of aromatic nitrogens is 2. The molecular weight excluding hydrogens is 502 g/mol. The molecule has 1 atom stereocenters. The number of methoxy groups -OCH3 is 1. The van der Waals surface area contributed by atoms with Crippen LogP contribution in [-0.2, 0) is 11.4 Å². The molecule has 0 radical (unpaired) electrons. The van der Waals surface area contributed by atoms with Crippen molar-refractivity contribution in [2.75, 3.05) is 19.5 Å². The number of hydrogen-bond donors (Lipinski definition) is 2. The van der Waals surface area contributed by atoms with Crippen LogP contribution in [0, 0.1) is 25.2 Å². The molecule has 0 fully saturated rings. The molecule has 0 aliphatic rings. The molecule has 9 nitrogen and oxygen atoms in total. The lowest BCUT2D eigenvalue weighted by Gasteiger charge is -2.17. The van der Waals surface area contributed by atoms with Gasteiger partial charge in [0.05, 0.1) is 35.8 Å². The molecule has 0 unspecified atom stereocenters. The van der Waals surface area contributed by atoms with Gasteiger partial charge in [0.15, 0.2) is 16.4 Å². The first-order valence-corrected chi connectivity index (χ1v) is 12.7. The first kappa shape index (κ1) is 26.6. The van der Waals surface area contributed by atoms with Crippen LogP contribution in [0.3, 0.4) is 0 Å². The van der Waals surface area contributed by atoms with Crippen LogP contribution in [0.15, 0.2) is 71.9 Å². The summed E-state index contributed by atoms with van der Waals surface area (Å²) in [4.78, 5) is 23.1. The Bertz CT molecular complexity index is 1520. The van der Waals surface area contributed by atoms with Gasteiger partial charge in [-0.1, -0.05) is 12.1 Å². The Kier molecular flexibility index (Phi) is 8.23. The van der Waals surface area contributed by atoms with E-state index in [2.05, 4.69) is 26.1 Å². The average Bonchev–Trinajstić information content (AvgIpc) is 2.93. The van der Waals surface area contributed by atoms with Crippen LogP contribution < -0.4 is 19.5 Å². The first-order chi connectivity index (χ1) is 18.3. The van der Waals surface area contributed by atoms with Crippen LogP contribution in [-0.4, -0.2) is 34.6 Å². The first-order valence-electron chi connectivity index (χ1n) is 11.5. The molecule has 4 aromatic rings. The summed E-state index contributed by atoms with van der Waals surface area (Å²) in [6, 6.07) is 17.3. The van der Waals surface area contributed by atoms with E-state index in [-0.39, 0.29) is 11.4 Å². The number of benzene rings is 2. The van der Waals surface area contributed by atoms with E-state index >= 15 is 0 Å². The zero-order valence-electron chi connectivity index (χ0n) is 21.2. The average molecular weight is 528 g/mol. The highest BCUT2D eigenvalue weighted by molar-refractivity contribution is 7.89. The molecule has 0 spiro atoms. The normalized spacial score (nSPS) is 11.4. The Morgan fingerprint density at radius 3 is 2.55 bits per heavy atom. The van der Waals surface area contributed by atoms with Crippen molar-refractivity contribution in [1.82, 2.24) is 14.7 Å². The number of rotatable bonds is 8. The fraction of sp³-hybridized carbons (Fsp3) is 0.143. The maximum absolute atomic E-state index is 13.7.